The number of aromatic nitrogens is 2. The van der Waals surface area contributed by atoms with Crippen LogP contribution in [0.25, 0.3) is 16.9 Å². The summed E-state index contributed by atoms with van der Waals surface area (Å²) in [6, 6.07) is 10.5. The number of carbonyl (C=O) groups is 1. The number of nitrogens with one attached hydrogen (secondary N) is 1. The minimum Gasteiger partial charge on any atom is -0.325 e. The van der Waals surface area contributed by atoms with E-state index in [1.807, 2.05) is 0 Å². The molecule has 1 heterocycles. The highest BCUT2D eigenvalue weighted by molar-refractivity contribution is 7.89. The van der Waals surface area contributed by atoms with Gasteiger partial charge in [-0.05, 0) is 48.9 Å². The van der Waals surface area contributed by atoms with Gasteiger partial charge in [0, 0.05) is 11.3 Å². The number of carbonyl (C=O) groups excluding carboxylic acids is 1. The molecular formula is C19H18F3N5O3S. The zero-order valence-electron chi connectivity index (χ0n) is 16.1. The van der Waals surface area contributed by atoms with Crippen molar-refractivity contribution < 1.29 is 26.4 Å². The lowest BCUT2D eigenvalue weighted by molar-refractivity contribution is -0.141. The lowest BCUT2D eigenvalue weighted by Gasteiger charge is -2.12. The van der Waals surface area contributed by atoms with Gasteiger partial charge >= 0.3 is 6.18 Å². The minimum atomic E-state index is -4.71. The molecule has 0 bridgehead atoms. The lowest BCUT2D eigenvalue weighted by atomic mass is 10.1. The van der Waals surface area contributed by atoms with Gasteiger partial charge < -0.3 is 11.1 Å². The first-order chi connectivity index (χ1) is 14.4. The summed E-state index contributed by atoms with van der Waals surface area (Å²) in [5.74, 6) is -0.455. The van der Waals surface area contributed by atoms with Crippen molar-refractivity contribution in [3.8, 4) is 16.9 Å². The molecule has 12 heteroatoms. The number of hydrogen-bond acceptors (Lipinski definition) is 5. The van der Waals surface area contributed by atoms with Crippen molar-refractivity contribution >= 4 is 21.6 Å². The van der Waals surface area contributed by atoms with E-state index in [0.29, 0.717) is 16.8 Å². The van der Waals surface area contributed by atoms with E-state index in [1.54, 1.807) is 19.1 Å². The molecule has 2 aromatic carbocycles. The Kier molecular flexibility index (Phi) is 5.89. The largest absolute Gasteiger partial charge is 0.435 e. The van der Waals surface area contributed by atoms with E-state index in [4.69, 9.17) is 10.9 Å². The van der Waals surface area contributed by atoms with Crippen LogP contribution in [0.4, 0.5) is 18.9 Å². The maximum absolute atomic E-state index is 13.4. The maximum atomic E-state index is 13.4. The lowest BCUT2D eigenvalue weighted by Crippen LogP contribution is -2.22. The molecule has 1 amide bonds. The number of halogens is 3. The molecule has 0 saturated carbocycles. The van der Waals surface area contributed by atoms with Crippen LogP contribution in [0.3, 0.4) is 0 Å². The van der Waals surface area contributed by atoms with Crippen molar-refractivity contribution in [2.75, 3.05) is 11.9 Å². The highest BCUT2D eigenvalue weighted by Gasteiger charge is 2.35. The number of aryl methyl sites for hydroxylation is 1. The van der Waals surface area contributed by atoms with Crippen molar-refractivity contribution in [3.63, 3.8) is 0 Å². The molecule has 0 aliphatic heterocycles. The molecule has 3 rings (SSSR count). The number of anilines is 1. The molecule has 31 heavy (non-hydrogen) atoms. The van der Waals surface area contributed by atoms with Crippen LogP contribution in [0.15, 0.2) is 53.4 Å². The van der Waals surface area contributed by atoms with E-state index < -0.39 is 27.8 Å². The van der Waals surface area contributed by atoms with Crippen LogP contribution in [-0.2, 0) is 21.0 Å². The molecule has 0 fully saturated rings. The molecule has 0 atom stereocenters. The molecule has 164 valence electrons. The molecule has 8 nitrogen and oxygen atoms in total. The second-order valence-electron chi connectivity index (χ2n) is 6.65. The van der Waals surface area contributed by atoms with E-state index in [9.17, 15) is 26.4 Å². The third-order valence-electron chi connectivity index (χ3n) is 4.40. The van der Waals surface area contributed by atoms with Crippen LogP contribution in [0, 0.1) is 6.92 Å². The van der Waals surface area contributed by atoms with Crippen molar-refractivity contribution in [1.29, 1.82) is 0 Å². The van der Waals surface area contributed by atoms with Crippen molar-refractivity contribution in [3.05, 3.63) is 59.8 Å². The fraction of sp³-hybridized carbons (Fsp3) is 0.158. The topological polar surface area (TPSA) is 133 Å². The van der Waals surface area contributed by atoms with E-state index in [-0.39, 0.29) is 22.8 Å². The number of alkyl halides is 3. The summed E-state index contributed by atoms with van der Waals surface area (Å²) in [6.45, 7) is 1.47. The minimum absolute atomic E-state index is 0.0823. The van der Waals surface area contributed by atoms with Gasteiger partial charge in [-0.3, -0.25) is 4.79 Å². The summed E-state index contributed by atoms with van der Waals surface area (Å²) in [7, 11) is -3.97. The third-order valence-corrected chi connectivity index (χ3v) is 5.33. The quantitative estimate of drug-likeness (QED) is 0.546. The van der Waals surface area contributed by atoms with Crippen molar-refractivity contribution in [2.45, 2.75) is 18.0 Å². The first-order valence-electron chi connectivity index (χ1n) is 8.81. The van der Waals surface area contributed by atoms with Gasteiger partial charge in [0.15, 0.2) is 5.69 Å². The van der Waals surface area contributed by atoms with E-state index in [2.05, 4.69) is 10.4 Å². The van der Waals surface area contributed by atoms with Gasteiger partial charge in [0.05, 0.1) is 22.8 Å². The van der Waals surface area contributed by atoms with E-state index >= 15 is 0 Å². The van der Waals surface area contributed by atoms with Crippen molar-refractivity contribution in [2.24, 2.45) is 10.9 Å². The Labute approximate surface area is 175 Å². The monoisotopic (exact) mass is 453 g/mol. The van der Waals surface area contributed by atoms with Crippen LogP contribution in [0.1, 0.15) is 11.3 Å². The number of benzene rings is 2. The van der Waals surface area contributed by atoms with Crippen LogP contribution in [0.2, 0.25) is 0 Å². The average Bonchev–Trinajstić information content (AvgIpc) is 3.15. The summed E-state index contributed by atoms with van der Waals surface area (Å²) in [4.78, 5) is 11.5. The fourth-order valence-electron chi connectivity index (χ4n) is 2.82. The van der Waals surface area contributed by atoms with Crippen LogP contribution in [-0.4, -0.2) is 30.7 Å². The highest BCUT2D eigenvalue weighted by atomic mass is 32.2. The predicted molar refractivity (Wildman–Crippen MR) is 108 cm³/mol. The van der Waals surface area contributed by atoms with E-state index in [1.165, 1.54) is 30.3 Å². The third kappa shape index (κ3) is 4.93. The van der Waals surface area contributed by atoms with Crippen LogP contribution < -0.4 is 16.2 Å². The van der Waals surface area contributed by atoms with Gasteiger partial charge in [-0.2, -0.15) is 18.3 Å². The van der Waals surface area contributed by atoms with Crippen molar-refractivity contribution in [1.82, 2.24) is 9.78 Å². The van der Waals surface area contributed by atoms with Gasteiger partial charge in [-0.15, -0.1) is 0 Å². The first-order valence-corrected chi connectivity index (χ1v) is 10.4. The predicted octanol–water partition coefficient (Wildman–Crippen LogP) is 2.41. The zero-order chi connectivity index (χ0) is 23.0. The molecule has 3 aromatic rings. The number of nitrogens with two attached hydrogens (primary N) is 2. The average molecular weight is 453 g/mol. The standard InChI is InChI=1S/C19H18F3N5O3S/c1-11-2-3-12(8-15(11)25-18(28)10-23)16-9-17(19(20,21)22)26-27(16)13-4-6-14(7-5-13)31(24,29)30/h2-9H,10,23H2,1H3,(H,25,28)(H2,24,29,30). The summed E-state index contributed by atoms with van der Waals surface area (Å²) in [6.07, 6.45) is -4.71. The molecule has 1 aromatic heterocycles. The second-order valence-corrected chi connectivity index (χ2v) is 8.21. The smallest absolute Gasteiger partial charge is 0.325 e. The number of nitrogens with zero attached hydrogens (tertiary/aromatic N) is 2. The Morgan fingerprint density at radius 1 is 1.13 bits per heavy atom. The molecule has 0 radical (unpaired) electrons. The summed E-state index contributed by atoms with van der Waals surface area (Å²) in [5, 5.41) is 11.3. The molecule has 0 saturated heterocycles. The number of sulfonamides is 1. The molecule has 5 N–H and O–H groups in total. The maximum Gasteiger partial charge on any atom is 0.435 e. The normalized spacial score (nSPS) is 12.1. The van der Waals surface area contributed by atoms with Gasteiger partial charge in [0.2, 0.25) is 15.9 Å². The molecule has 0 aliphatic rings. The van der Waals surface area contributed by atoms with Gasteiger partial charge in [0.1, 0.15) is 0 Å². The molecule has 0 spiro atoms. The first kappa shape index (κ1) is 22.5. The molecule has 0 unspecified atom stereocenters. The molecule has 0 aliphatic carbocycles. The zero-order valence-corrected chi connectivity index (χ0v) is 17.0. The Morgan fingerprint density at radius 2 is 1.77 bits per heavy atom. The Bertz CT molecular complexity index is 1240. The number of amides is 1. The number of rotatable bonds is 5. The Morgan fingerprint density at radius 3 is 2.32 bits per heavy atom. The highest BCUT2D eigenvalue weighted by Crippen LogP contribution is 2.34. The molecular weight excluding hydrogens is 435 g/mol. The summed E-state index contributed by atoms with van der Waals surface area (Å²) >= 11 is 0. The van der Waals surface area contributed by atoms with Gasteiger partial charge in [0.25, 0.3) is 0 Å². The van der Waals surface area contributed by atoms with Crippen LogP contribution in [0.5, 0.6) is 0 Å². The fourth-order valence-corrected chi connectivity index (χ4v) is 3.33. The van der Waals surface area contributed by atoms with Gasteiger partial charge in [-0.25, -0.2) is 18.2 Å². The summed E-state index contributed by atoms with van der Waals surface area (Å²) < 4.78 is 64.0. The van der Waals surface area contributed by atoms with Gasteiger partial charge in [-0.1, -0.05) is 12.1 Å². The number of hydrogen-bond donors (Lipinski definition) is 3. The Hall–Kier alpha value is -3.22. The summed E-state index contributed by atoms with van der Waals surface area (Å²) in [5.41, 5.74) is 5.86. The number of primary sulfonamides is 1. The van der Waals surface area contributed by atoms with E-state index in [0.717, 1.165) is 10.7 Å². The van der Waals surface area contributed by atoms with Crippen LogP contribution >= 0.6 is 0 Å². The SMILES string of the molecule is Cc1ccc(-c2cc(C(F)(F)F)nn2-c2ccc(S(N)(=O)=O)cc2)cc1NC(=O)CN. The Balaban J connectivity index is 2.16. The second kappa shape index (κ2) is 8.13.